The van der Waals surface area contributed by atoms with Gasteiger partial charge >= 0.3 is 0 Å². The monoisotopic (exact) mass is 416 g/mol. The van der Waals surface area contributed by atoms with E-state index in [0.717, 1.165) is 28.1 Å². The Morgan fingerprint density at radius 1 is 1.31 bits per heavy atom. The van der Waals surface area contributed by atoms with Crippen LogP contribution < -0.4 is 11.1 Å². The lowest BCUT2D eigenvalue weighted by atomic mass is 10.0. The maximum Gasteiger partial charge on any atom is 0.243 e. The predicted molar refractivity (Wildman–Crippen MR) is 119 cm³/mol. The third-order valence-electron chi connectivity index (χ3n) is 4.83. The molecule has 158 valence electrons. The van der Waals surface area contributed by atoms with E-state index in [9.17, 15) is 9.59 Å². The third kappa shape index (κ3) is 5.87. The zero-order valence-corrected chi connectivity index (χ0v) is 18.6. The molecule has 3 rings (SSSR count). The summed E-state index contributed by atoms with van der Waals surface area (Å²) in [6.45, 7) is 8.75. The Labute approximate surface area is 177 Å². The molecular formula is C22H32N4O2S. The second-order valence-electron chi connectivity index (χ2n) is 7.28. The Balaban J connectivity index is 0.000000941. The number of nitrogens with one attached hydrogen (secondary N) is 1. The van der Waals surface area contributed by atoms with Gasteiger partial charge in [0, 0.05) is 6.54 Å². The minimum atomic E-state index is -0.410. The van der Waals surface area contributed by atoms with Gasteiger partial charge in [-0.2, -0.15) is 0 Å². The van der Waals surface area contributed by atoms with E-state index in [1.54, 1.807) is 16.2 Å². The molecule has 0 spiro atoms. The summed E-state index contributed by atoms with van der Waals surface area (Å²) in [5, 5.41) is 3.03. The van der Waals surface area contributed by atoms with E-state index in [1.165, 1.54) is 6.42 Å². The highest BCUT2D eigenvalue weighted by Crippen LogP contribution is 2.28. The number of nitrogens with zero attached hydrogens (tertiary/aromatic N) is 2. The normalized spacial score (nSPS) is 16.7. The molecule has 2 heterocycles. The van der Waals surface area contributed by atoms with Crippen molar-refractivity contribution in [2.75, 3.05) is 13.1 Å². The van der Waals surface area contributed by atoms with E-state index in [2.05, 4.69) is 36.3 Å². The van der Waals surface area contributed by atoms with Gasteiger partial charge in [0.1, 0.15) is 6.04 Å². The van der Waals surface area contributed by atoms with Gasteiger partial charge in [-0.15, -0.1) is 11.3 Å². The van der Waals surface area contributed by atoms with Crippen molar-refractivity contribution in [2.24, 2.45) is 5.73 Å². The first-order chi connectivity index (χ1) is 13.9. The second-order valence-corrected chi connectivity index (χ2v) is 8.13. The number of amides is 2. The lowest BCUT2D eigenvalue weighted by Crippen LogP contribution is -2.48. The Morgan fingerprint density at radius 2 is 1.97 bits per heavy atom. The van der Waals surface area contributed by atoms with Crippen LogP contribution >= 0.6 is 11.3 Å². The predicted octanol–water partition coefficient (Wildman–Crippen LogP) is 3.66. The van der Waals surface area contributed by atoms with Gasteiger partial charge in [-0.25, -0.2) is 4.98 Å². The lowest BCUT2D eigenvalue weighted by molar-refractivity contribution is -0.137. The van der Waals surface area contributed by atoms with Crippen LogP contribution in [0.5, 0.6) is 0 Å². The number of aryl methyl sites for hydroxylation is 1. The highest BCUT2D eigenvalue weighted by atomic mass is 32.1. The summed E-state index contributed by atoms with van der Waals surface area (Å²) in [4.78, 5) is 31.5. The van der Waals surface area contributed by atoms with Gasteiger partial charge in [0.05, 0.1) is 28.7 Å². The van der Waals surface area contributed by atoms with Crippen LogP contribution in [0.15, 0.2) is 29.8 Å². The summed E-state index contributed by atoms with van der Waals surface area (Å²) >= 11 is 1.62. The third-order valence-corrected chi connectivity index (χ3v) is 5.81. The molecular weight excluding hydrogens is 384 g/mol. The molecule has 2 amide bonds. The first kappa shape index (κ1) is 23.0. The van der Waals surface area contributed by atoms with E-state index in [-0.39, 0.29) is 24.4 Å². The lowest BCUT2D eigenvalue weighted by Gasteiger charge is -2.25. The van der Waals surface area contributed by atoms with Gasteiger partial charge in [-0.1, -0.05) is 44.5 Å². The summed E-state index contributed by atoms with van der Waals surface area (Å²) < 4.78 is 0. The smallest absolute Gasteiger partial charge is 0.243 e. The van der Waals surface area contributed by atoms with Crippen molar-refractivity contribution < 1.29 is 9.59 Å². The number of rotatable bonds is 5. The van der Waals surface area contributed by atoms with Crippen molar-refractivity contribution in [1.82, 2.24) is 15.2 Å². The van der Waals surface area contributed by atoms with E-state index in [1.807, 2.05) is 31.5 Å². The number of nitrogens with two attached hydrogens (primary N) is 1. The number of thiazole rings is 1. The van der Waals surface area contributed by atoms with Crippen molar-refractivity contribution in [3.8, 4) is 10.4 Å². The highest BCUT2D eigenvalue weighted by molar-refractivity contribution is 7.13. The fourth-order valence-corrected chi connectivity index (χ4v) is 4.16. The Hall–Kier alpha value is -2.25. The summed E-state index contributed by atoms with van der Waals surface area (Å²) in [5.41, 5.74) is 10.5. The molecule has 0 aliphatic carbocycles. The average molecular weight is 417 g/mol. The van der Waals surface area contributed by atoms with Crippen LogP contribution in [0.3, 0.4) is 0 Å². The van der Waals surface area contributed by atoms with E-state index < -0.39 is 6.04 Å². The first-order valence-corrected chi connectivity index (χ1v) is 11.1. The Morgan fingerprint density at radius 3 is 2.52 bits per heavy atom. The average Bonchev–Trinajstić information content (AvgIpc) is 3.37. The van der Waals surface area contributed by atoms with Crippen LogP contribution in [0.2, 0.25) is 0 Å². The van der Waals surface area contributed by atoms with Crippen LogP contribution in [0.1, 0.15) is 57.3 Å². The summed E-state index contributed by atoms with van der Waals surface area (Å²) in [7, 11) is 0. The van der Waals surface area contributed by atoms with Crippen molar-refractivity contribution in [3.05, 3.63) is 41.0 Å². The Kier molecular flexibility index (Phi) is 8.79. The summed E-state index contributed by atoms with van der Waals surface area (Å²) in [6.07, 6.45) is 2.77. The van der Waals surface area contributed by atoms with Crippen molar-refractivity contribution >= 4 is 23.2 Å². The van der Waals surface area contributed by atoms with Crippen molar-refractivity contribution in [1.29, 1.82) is 0 Å². The number of hydrogen-bond donors (Lipinski definition) is 2. The van der Waals surface area contributed by atoms with Crippen LogP contribution in [0.25, 0.3) is 10.4 Å². The molecule has 1 aromatic carbocycles. The molecule has 1 aliphatic rings. The fraction of sp³-hybridized carbons (Fsp3) is 0.500. The molecule has 2 atom stereocenters. The van der Waals surface area contributed by atoms with Crippen molar-refractivity contribution in [3.63, 3.8) is 0 Å². The van der Waals surface area contributed by atoms with Crippen LogP contribution in [-0.4, -0.2) is 40.8 Å². The van der Waals surface area contributed by atoms with E-state index >= 15 is 0 Å². The molecule has 1 saturated heterocycles. The fourth-order valence-electron chi connectivity index (χ4n) is 3.35. The van der Waals surface area contributed by atoms with Crippen molar-refractivity contribution in [2.45, 2.75) is 59.0 Å². The molecule has 6 nitrogen and oxygen atoms in total. The zero-order chi connectivity index (χ0) is 21.4. The molecule has 0 radical (unpaired) electrons. The number of benzene rings is 1. The van der Waals surface area contributed by atoms with E-state index in [0.29, 0.717) is 13.0 Å². The number of hydrogen-bond acceptors (Lipinski definition) is 5. The standard InChI is InChI=1S/C19H24N4O2S.C3H8/c1-12(22-19(25)16-4-3-9-23(16)17(24)10-20)14-5-7-15(8-6-14)18-13(2)21-11-26-18;1-3-2/h5-8,11-12,16H,3-4,9-10,20H2,1-2H3,(H,22,25);3H2,1-2H3. The van der Waals surface area contributed by atoms with E-state index in [4.69, 9.17) is 5.73 Å². The topological polar surface area (TPSA) is 88.3 Å². The van der Waals surface area contributed by atoms with Crippen LogP contribution in [-0.2, 0) is 9.59 Å². The molecule has 2 unspecified atom stereocenters. The summed E-state index contributed by atoms with van der Waals surface area (Å²) in [6, 6.07) is 7.62. The number of likely N-dealkylation sites (tertiary alicyclic amines) is 1. The molecule has 0 saturated carbocycles. The SMILES string of the molecule is CCC.Cc1ncsc1-c1ccc(C(C)NC(=O)C2CCCN2C(=O)CN)cc1. The molecule has 0 bridgehead atoms. The largest absolute Gasteiger partial charge is 0.348 e. The number of carbonyl (C=O) groups is 2. The number of aromatic nitrogens is 1. The summed E-state index contributed by atoms with van der Waals surface area (Å²) in [5.74, 6) is -0.279. The van der Waals surface area contributed by atoms with Crippen LogP contribution in [0, 0.1) is 6.92 Å². The molecule has 1 fully saturated rings. The minimum absolute atomic E-state index is 0.0577. The quantitative estimate of drug-likeness (QED) is 0.778. The molecule has 29 heavy (non-hydrogen) atoms. The van der Waals surface area contributed by atoms with Gasteiger partial charge in [0.25, 0.3) is 0 Å². The minimum Gasteiger partial charge on any atom is -0.348 e. The zero-order valence-electron chi connectivity index (χ0n) is 17.8. The molecule has 2 aromatic rings. The number of carbonyl (C=O) groups excluding carboxylic acids is 2. The van der Waals surface area contributed by atoms with Gasteiger partial charge < -0.3 is 16.0 Å². The van der Waals surface area contributed by atoms with Gasteiger partial charge in [-0.05, 0) is 37.8 Å². The molecule has 3 N–H and O–H groups in total. The first-order valence-electron chi connectivity index (χ1n) is 10.2. The highest BCUT2D eigenvalue weighted by Gasteiger charge is 2.33. The van der Waals surface area contributed by atoms with Gasteiger partial charge in [-0.3, -0.25) is 9.59 Å². The Bertz CT molecular complexity index is 803. The van der Waals surface area contributed by atoms with Crippen LogP contribution in [0.4, 0.5) is 0 Å². The van der Waals surface area contributed by atoms with Gasteiger partial charge in [0.15, 0.2) is 0 Å². The molecule has 7 heteroatoms. The second kappa shape index (κ2) is 11.1. The maximum atomic E-state index is 12.6. The molecule has 1 aromatic heterocycles. The maximum absolute atomic E-state index is 12.6. The molecule has 1 aliphatic heterocycles. The van der Waals surface area contributed by atoms with Gasteiger partial charge in [0.2, 0.25) is 11.8 Å².